The Labute approximate surface area is 95.7 Å². The zero-order valence-electron chi connectivity index (χ0n) is 9.52. The molecule has 1 fully saturated rings. The molecule has 3 nitrogen and oxygen atoms in total. The summed E-state index contributed by atoms with van der Waals surface area (Å²) in [4.78, 5) is 13.0. The second-order valence-electron chi connectivity index (χ2n) is 4.43. The van der Waals surface area contributed by atoms with Gasteiger partial charge in [-0.25, -0.2) is 0 Å². The number of carbonyl (C=O) groups is 1. The van der Waals surface area contributed by atoms with Gasteiger partial charge in [-0.15, -0.1) is 0 Å². The smallest absolute Gasteiger partial charge is 0.305 e. The van der Waals surface area contributed by atoms with Gasteiger partial charge in [-0.3, -0.25) is 4.79 Å². The molecule has 2 rings (SSSR count). The summed E-state index contributed by atoms with van der Waals surface area (Å²) >= 11 is 0. The van der Waals surface area contributed by atoms with Crippen LogP contribution >= 0.6 is 0 Å². The zero-order chi connectivity index (χ0) is 11.5. The number of anilines is 1. The van der Waals surface area contributed by atoms with Crippen LogP contribution in [-0.2, 0) is 4.79 Å². The highest BCUT2D eigenvalue weighted by Crippen LogP contribution is 2.27. The van der Waals surface area contributed by atoms with Gasteiger partial charge >= 0.3 is 5.97 Å². The fourth-order valence-electron chi connectivity index (χ4n) is 2.40. The van der Waals surface area contributed by atoms with Crippen LogP contribution < -0.4 is 4.90 Å². The Kier molecular flexibility index (Phi) is 3.13. The van der Waals surface area contributed by atoms with Crippen LogP contribution in [0, 0.1) is 6.92 Å². The number of aryl methyl sites for hydroxylation is 1. The fourth-order valence-corrected chi connectivity index (χ4v) is 2.40. The first-order chi connectivity index (χ1) is 7.66. The van der Waals surface area contributed by atoms with Crippen molar-refractivity contribution in [2.75, 3.05) is 11.4 Å². The number of hydrogen-bond acceptors (Lipinski definition) is 2. The molecule has 0 amide bonds. The van der Waals surface area contributed by atoms with Crippen LogP contribution in [0.4, 0.5) is 5.69 Å². The maximum absolute atomic E-state index is 10.8. The number of carboxylic acids is 1. The van der Waals surface area contributed by atoms with Gasteiger partial charge in [-0.05, 0) is 37.5 Å². The summed E-state index contributed by atoms with van der Waals surface area (Å²) in [6.07, 6.45) is 2.32. The molecule has 1 aliphatic heterocycles. The number of nitrogens with zero attached hydrogens (tertiary/aromatic N) is 1. The Morgan fingerprint density at radius 3 is 3.06 bits per heavy atom. The Hall–Kier alpha value is -1.51. The molecule has 16 heavy (non-hydrogen) atoms. The van der Waals surface area contributed by atoms with E-state index in [2.05, 4.69) is 30.0 Å². The number of benzene rings is 1. The number of hydrogen-bond donors (Lipinski definition) is 1. The van der Waals surface area contributed by atoms with Crippen molar-refractivity contribution in [1.29, 1.82) is 0 Å². The van der Waals surface area contributed by atoms with E-state index < -0.39 is 5.97 Å². The Bertz CT molecular complexity index is 389. The molecule has 0 aromatic heterocycles. The van der Waals surface area contributed by atoms with Gasteiger partial charge in [0.2, 0.25) is 0 Å². The van der Waals surface area contributed by atoms with E-state index in [9.17, 15) is 4.79 Å². The molecule has 86 valence electrons. The van der Waals surface area contributed by atoms with E-state index >= 15 is 0 Å². The molecule has 0 saturated carbocycles. The van der Waals surface area contributed by atoms with Crippen LogP contribution in [0.1, 0.15) is 24.8 Å². The van der Waals surface area contributed by atoms with Crippen molar-refractivity contribution in [1.82, 2.24) is 0 Å². The molecule has 1 aliphatic rings. The van der Waals surface area contributed by atoms with E-state index in [0.717, 1.165) is 25.1 Å². The van der Waals surface area contributed by atoms with Crippen molar-refractivity contribution in [2.45, 2.75) is 32.2 Å². The molecule has 1 saturated heterocycles. The standard InChI is InChI=1S/C13H17NO2/c1-10-4-2-5-11(8-10)14-7-3-6-12(14)9-13(15)16/h2,4-5,8,12H,3,6-7,9H2,1H3,(H,15,16)/t12-/m0/s1. The lowest BCUT2D eigenvalue weighted by molar-refractivity contribution is -0.137. The van der Waals surface area contributed by atoms with Crippen molar-refractivity contribution in [3.63, 3.8) is 0 Å². The maximum Gasteiger partial charge on any atom is 0.305 e. The average Bonchev–Trinajstić information content (AvgIpc) is 2.65. The van der Waals surface area contributed by atoms with Crippen LogP contribution in [0.2, 0.25) is 0 Å². The van der Waals surface area contributed by atoms with Crippen molar-refractivity contribution >= 4 is 11.7 Å². The van der Waals surface area contributed by atoms with E-state index in [1.54, 1.807) is 0 Å². The molecule has 1 atom stereocenters. The highest BCUT2D eigenvalue weighted by molar-refractivity contribution is 5.69. The Balaban J connectivity index is 2.16. The van der Waals surface area contributed by atoms with Gasteiger partial charge in [0.05, 0.1) is 6.42 Å². The van der Waals surface area contributed by atoms with Crippen molar-refractivity contribution in [3.05, 3.63) is 29.8 Å². The third kappa shape index (κ3) is 2.35. The summed E-state index contributed by atoms with van der Waals surface area (Å²) in [5.74, 6) is -0.704. The molecule has 3 heteroatoms. The van der Waals surface area contributed by atoms with E-state index in [0.29, 0.717) is 0 Å². The number of carboxylic acid groups (broad SMARTS) is 1. The summed E-state index contributed by atoms with van der Waals surface area (Å²) in [7, 11) is 0. The van der Waals surface area contributed by atoms with Gasteiger partial charge in [-0.2, -0.15) is 0 Å². The summed E-state index contributed by atoms with van der Waals surface area (Å²) in [5.41, 5.74) is 2.38. The van der Waals surface area contributed by atoms with Gasteiger partial charge in [0, 0.05) is 18.3 Å². The molecule has 0 unspecified atom stereocenters. The lowest BCUT2D eigenvalue weighted by Gasteiger charge is -2.26. The molecule has 0 radical (unpaired) electrons. The maximum atomic E-state index is 10.8. The predicted molar refractivity (Wildman–Crippen MR) is 63.8 cm³/mol. The van der Waals surface area contributed by atoms with Crippen molar-refractivity contribution in [3.8, 4) is 0 Å². The minimum absolute atomic E-state index is 0.166. The van der Waals surface area contributed by atoms with Gasteiger partial charge in [-0.1, -0.05) is 12.1 Å². The molecular weight excluding hydrogens is 202 g/mol. The summed E-state index contributed by atoms with van der Waals surface area (Å²) in [6, 6.07) is 8.44. The molecular formula is C13H17NO2. The van der Waals surface area contributed by atoms with Gasteiger partial charge in [0.15, 0.2) is 0 Å². The summed E-state index contributed by atoms with van der Waals surface area (Å²) in [6.45, 7) is 3.03. The van der Waals surface area contributed by atoms with Gasteiger partial charge < -0.3 is 10.0 Å². The normalized spacial score (nSPS) is 20.1. The average molecular weight is 219 g/mol. The highest BCUT2D eigenvalue weighted by atomic mass is 16.4. The van der Waals surface area contributed by atoms with Crippen molar-refractivity contribution < 1.29 is 9.90 Å². The number of rotatable bonds is 3. The second-order valence-corrected chi connectivity index (χ2v) is 4.43. The summed E-state index contributed by atoms with van der Waals surface area (Å²) in [5, 5.41) is 8.87. The Morgan fingerprint density at radius 2 is 2.38 bits per heavy atom. The van der Waals surface area contributed by atoms with Crippen LogP contribution in [-0.4, -0.2) is 23.7 Å². The fraction of sp³-hybridized carbons (Fsp3) is 0.462. The van der Waals surface area contributed by atoms with Gasteiger partial charge in [0.1, 0.15) is 0 Å². The van der Waals surface area contributed by atoms with Crippen molar-refractivity contribution in [2.24, 2.45) is 0 Å². The third-order valence-electron chi connectivity index (χ3n) is 3.12. The monoisotopic (exact) mass is 219 g/mol. The minimum Gasteiger partial charge on any atom is -0.481 e. The molecule has 0 spiro atoms. The third-order valence-corrected chi connectivity index (χ3v) is 3.12. The first-order valence-electron chi connectivity index (χ1n) is 5.72. The van der Waals surface area contributed by atoms with E-state index in [1.807, 2.05) is 6.07 Å². The highest BCUT2D eigenvalue weighted by Gasteiger charge is 2.26. The molecule has 1 aromatic rings. The first kappa shape index (κ1) is 11.0. The molecule has 1 aromatic carbocycles. The largest absolute Gasteiger partial charge is 0.481 e. The zero-order valence-corrected chi connectivity index (χ0v) is 9.52. The van der Waals surface area contributed by atoms with Crippen LogP contribution in [0.5, 0.6) is 0 Å². The second kappa shape index (κ2) is 4.56. The van der Waals surface area contributed by atoms with E-state index in [4.69, 9.17) is 5.11 Å². The molecule has 0 bridgehead atoms. The quantitative estimate of drug-likeness (QED) is 0.848. The SMILES string of the molecule is Cc1cccc(N2CCC[C@H]2CC(=O)O)c1. The van der Waals surface area contributed by atoms with Crippen LogP contribution in [0.25, 0.3) is 0 Å². The van der Waals surface area contributed by atoms with Gasteiger partial charge in [0.25, 0.3) is 0 Å². The summed E-state index contributed by atoms with van der Waals surface area (Å²) < 4.78 is 0. The predicted octanol–water partition coefficient (Wildman–Crippen LogP) is 2.44. The molecule has 1 heterocycles. The lowest BCUT2D eigenvalue weighted by atomic mass is 10.1. The topological polar surface area (TPSA) is 40.5 Å². The van der Waals surface area contributed by atoms with Crippen LogP contribution in [0.3, 0.4) is 0 Å². The number of aliphatic carboxylic acids is 1. The lowest BCUT2D eigenvalue weighted by Crippen LogP contribution is -2.31. The van der Waals surface area contributed by atoms with E-state index in [1.165, 1.54) is 5.56 Å². The minimum atomic E-state index is -0.704. The Morgan fingerprint density at radius 1 is 1.56 bits per heavy atom. The molecule has 1 N–H and O–H groups in total. The molecule has 0 aliphatic carbocycles. The first-order valence-corrected chi connectivity index (χ1v) is 5.72. The van der Waals surface area contributed by atoms with Crippen LogP contribution in [0.15, 0.2) is 24.3 Å². The van der Waals surface area contributed by atoms with E-state index in [-0.39, 0.29) is 12.5 Å².